The maximum Gasteiger partial charge on any atom is 0.225 e. The molecule has 0 aliphatic carbocycles. The zero-order valence-corrected chi connectivity index (χ0v) is 13.9. The summed E-state index contributed by atoms with van der Waals surface area (Å²) in [5.74, 6) is 1.05. The lowest BCUT2D eigenvalue weighted by molar-refractivity contribution is -0.138. The Morgan fingerprint density at radius 2 is 2.09 bits per heavy atom. The Morgan fingerprint density at radius 1 is 1.41 bits per heavy atom. The maximum atomic E-state index is 12.6. The van der Waals surface area contributed by atoms with Crippen LogP contribution in [0.2, 0.25) is 0 Å². The second kappa shape index (κ2) is 7.14. The topological polar surface area (TPSA) is 55.6 Å². The first-order valence-electron chi connectivity index (χ1n) is 8.12. The number of hydrogen-bond donors (Lipinski definition) is 1. The van der Waals surface area contributed by atoms with Gasteiger partial charge in [0.1, 0.15) is 5.75 Å². The molecule has 0 saturated carbocycles. The molecule has 4 nitrogen and oxygen atoms in total. The third-order valence-corrected chi connectivity index (χ3v) is 4.61. The van der Waals surface area contributed by atoms with Crippen LogP contribution in [0, 0.1) is 11.3 Å². The maximum absolute atomic E-state index is 12.6. The van der Waals surface area contributed by atoms with E-state index in [0.717, 1.165) is 31.7 Å². The Morgan fingerprint density at radius 3 is 2.73 bits per heavy atom. The first-order chi connectivity index (χ1) is 10.4. The lowest BCUT2D eigenvalue weighted by Crippen LogP contribution is -2.54. The quantitative estimate of drug-likeness (QED) is 0.910. The third-order valence-electron chi connectivity index (χ3n) is 4.61. The number of carbonyl (C=O) groups excluding carboxylic acids is 1. The molecule has 1 aromatic carbocycles. The summed E-state index contributed by atoms with van der Waals surface area (Å²) in [4.78, 5) is 14.5. The van der Waals surface area contributed by atoms with E-state index in [1.165, 1.54) is 0 Å². The number of nitrogens with two attached hydrogens (primary N) is 1. The number of piperidine rings is 1. The molecule has 1 aromatic rings. The molecule has 1 heterocycles. The molecule has 1 saturated heterocycles. The highest BCUT2D eigenvalue weighted by Crippen LogP contribution is 2.28. The van der Waals surface area contributed by atoms with Crippen molar-refractivity contribution < 1.29 is 9.53 Å². The van der Waals surface area contributed by atoms with Gasteiger partial charge < -0.3 is 15.4 Å². The number of carbonyl (C=O) groups is 1. The Hall–Kier alpha value is -1.55. The number of para-hydroxylation sites is 1. The smallest absolute Gasteiger partial charge is 0.225 e. The Labute approximate surface area is 133 Å². The largest absolute Gasteiger partial charge is 0.494 e. The van der Waals surface area contributed by atoms with Crippen LogP contribution in [-0.2, 0) is 4.79 Å². The van der Waals surface area contributed by atoms with Crippen molar-refractivity contribution in [2.45, 2.75) is 39.7 Å². The molecule has 1 amide bonds. The number of nitrogens with zero attached hydrogens (tertiary/aromatic N) is 1. The van der Waals surface area contributed by atoms with Crippen LogP contribution in [0.25, 0.3) is 0 Å². The summed E-state index contributed by atoms with van der Waals surface area (Å²) in [7, 11) is 0. The van der Waals surface area contributed by atoms with Crippen LogP contribution in [0.5, 0.6) is 5.75 Å². The van der Waals surface area contributed by atoms with Crippen LogP contribution in [0.4, 0.5) is 0 Å². The highest BCUT2D eigenvalue weighted by Gasteiger charge is 2.36. The van der Waals surface area contributed by atoms with Gasteiger partial charge in [-0.3, -0.25) is 4.79 Å². The molecule has 4 heteroatoms. The van der Waals surface area contributed by atoms with E-state index in [1.54, 1.807) is 0 Å². The fourth-order valence-electron chi connectivity index (χ4n) is 2.87. The molecule has 1 aliphatic heterocycles. The van der Waals surface area contributed by atoms with E-state index in [4.69, 9.17) is 10.5 Å². The minimum Gasteiger partial charge on any atom is -0.494 e. The van der Waals surface area contributed by atoms with Gasteiger partial charge in [0.05, 0.1) is 6.61 Å². The number of hydrogen-bond acceptors (Lipinski definition) is 3. The van der Waals surface area contributed by atoms with Crippen molar-refractivity contribution in [3.63, 3.8) is 0 Å². The minimum atomic E-state index is -0.0196. The Bertz CT molecular complexity index is 487. The van der Waals surface area contributed by atoms with Gasteiger partial charge in [-0.2, -0.15) is 0 Å². The summed E-state index contributed by atoms with van der Waals surface area (Å²) >= 11 is 0. The van der Waals surface area contributed by atoms with Crippen molar-refractivity contribution in [1.29, 1.82) is 0 Å². The number of rotatable bonds is 5. The molecule has 22 heavy (non-hydrogen) atoms. The molecule has 2 rings (SSSR count). The van der Waals surface area contributed by atoms with Gasteiger partial charge in [-0.1, -0.05) is 39.0 Å². The molecule has 2 unspecified atom stereocenters. The number of amides is 1. The fourth-order valence-corrected chi connectivity index (χ4v) is 2.87. The molecule has 0 radical (unpaired) electrons. The van der Waals surface area contributed by atoms with E-state index in [2.05, 4.69) is 13.8 Å². The number of likely N-dealkylation sites (tertiary alicyclic amines) is 1. The first-order valence-corrected chi connectivity index (χ1v) is 8.12. The molecule has 0 aromatic heterocycles. The molecule has 1 aliphatic rings. The average molecular weight is 304 g/mol. The highest BCUT2D eigenvalue weighted by atomic mass is 16.5. The van der Waals surface area contributed by atoms with E-state index in [9.17, 15) is 4.79 Å². The highest BCUT2D eigenvalue weighted by molar-refractivity contribution is 5.78. The average Bonchev–Trinajstić information content (AvgIpc) is 2.50. The van der Waals surface area contributed by atoms with Gasteiger partial charge in [0.2, 0.25) is 5.91 Å². The van der Waals surface area contributed by atoms with Gasteiger partial charge in [-0.25, -0.2) is 0 Å². The van der Waals surface area contributed by atoms with E-state index in [1.807, 2.05) is 42.2 Å². The van der Waals surface area contributed by atoms with Gasteiger partial charge in [-0.15, -0.1) is 0 Å². The van der Waals surface area contributed by atoms with Gasteiger partial charge in [-0.05, 0) is 30.4 Å². The second-order valence-corrected chi connectivity index (χ2v) is 6.99. The lowest BCUT2D eigenvalue weighted by Gasteiger charge is -2.43. The van der Waals surface area contributed by atoms with Crippen LogP contribution in [0.1, 0.15) is 33.6 Å². The summed E-state index contributed by atoms with van der Waals surface area (Å²) in [6.07, 6.45) is 1.61. The van der Waals surface area contributed by atoms with Crippen molar-refractivity contribution in [2.24, 2.45) is 17.1 Å². The molecule has 2 N–H and O–H groups in total. The first kappa shape index (κ1) is 16.8. The van der Waals surface area contributed by atoms with E-state index < -0.39 is 0 Å². The van der Waals surface area contributed by atoms with Crippen LogP contribution in [0.3, 0.4) is 0 Å². The molecule has 122 valence electrons. The molecular formula is C18H28N2O2. The standard InChI is InChI=1S/C18H28N2O2/c1-14(10-12-22-15-7-5-4-6-8-15)17(21)20-11-9-16(19)18(2,3)13-20/h4-8,14,16H,9-13,19H2,1-3H3. The van der Waals surface area contributed by atoms with Crippen molar-refractivity contribution >= 4 is 5.91 Å². The lowest BCUT2D eigenvalue weighted by atomic mass is 9.79. The fraction of sp³-hybridized carbons (Fsp3) is 0.611. The van der Waals surface area contributed by atoms with E-state index in [-0.39, 0.29) is 23.3 Å². The van der Waals surface area contributed by atoms with Crippen LogP contribution in [0.15, 0.2) is 30.3 Å². The number of ether oxygens (including phenoxy) is 1. The SMILES string of the molecule is CC(CCOc1ccccc1)C(=O)N1CCC(N)C(C)(C)C1. The minimum absolute atomic E-state index is 0.00579. The second-order valence-electron chi connectivity index (χ2n) is 6.99. The predicted molar refractivity (Wildman–Crippen MR) is 88.7 cm³/mol. The van der Waals surface area contributed by atoms with Gasteiger partial charge in [0.25, 0.3) is 0 Å². The zero-order valence-electron chi connectivity index (χ0n) is 13.9. The molecule has 0 bridgehead atoms. The summed E-state index contributed by atoms with van der Waals surface area (Å²) in [6, 6.07) is 9.89. The van der Waals surface area contributed by atoms with Crippen LogP contribution >= 0.6 is 0 Å². The third kappa shape index (κ3) is 4.23. The van der Waals surface area contributed by atoms with Gasteiger partial charge in [0.15, 0.2) is 0 Å². The molecule has 2 atom stereocenters. The molecule has 1 fully saturated rings. The van der Waals surface area contributed by atoms with Crippen molar-refractivity contribution in [1.82, 2.24) is 4.90 Å². The monoisotopic (exact) mass is 304 g/mol. The van der Waals surface area contributed by atoms with Gasteiger partial charge >= 0.3 is 0 Å². The van der Waals surface area contributed by atoms with Crippen molar-refractivity contribution in [3.05, 3.63) is 30.3 Å². The predicted octanol–water partition coefficient (Wildman–Crippen LogP) is 2.68. The number of benzene rings is 1. The zero-order chi connectivity index (χ0) is 16.2. The van der Waals surface area contributed by atoms with E-state index >= 15 is 0 Å². The van der Waals surface area contributed by atoms with E-state index in [0.29, 0.717) is 6.61 Å². The van der Waals surface area contributed by atoms with Crippen LogP contribution in [-0.4, -0.2) is 36.5 Å². The van der Waals surface area contributed by atoms with Crippen molar-refractivity contribution in [2.75, 3.05) is 19.7 Å². The van der Waals surface area contributed by atoms with Gasteiger partial charge in [0, 0.05) is 25.0 Å². The Kier molecular flexibility index (Phi) is 5.46. The molecular weight excluding hydrogens is 276 g/mol. The summed E-state index contributed by atoms with van der Waals surface area (Å²) in [6.45, 7) is 8.34. The summed E-state index contributed by atoms with van der Waals surface area (Å²) < 4.78 is 5.68. The van der Waals surface area contributed by atoms with Crippen LogP contribution < -0.4 is 10.5 Å². The molecule has 0 spiro atoms. The summed E-state index contributed by atoms with van der Waals surface area (Å²) in [5.41, 5.74) is 6.13. The summed E-state index contributed by atoms with van der Waals surface area (Å²) in [5, 5.41) is 0. The van der Waals surface area contributed by atoms with Crippen molar-refractivity contribution in [3.8, 4) is 5.75 Å². The normalized spacial score (nSPS) is 22.2. The Balaban J connectivity index is 1.79.